The van der Waals surface area contributed by atoms with Crippen LogP contribution >= 0.6 is 0 Å². The number of rotatable bonds is 3. The van der Waals surface area contributed by atoms with Gasteiger partial charge in [0.05, 0.1) is 25.7 Å². The van der Waals surface area contributed by atoms with Gasteiger partial charge in [0.25, 0.3) is 0 Å². The molecule has 0 bridgehead atoms. The fourth-order valence-electron chi connectivity index (χ4n) is 3.54. The van der Waals surface area contributed by atoms with Gasteiger partial charge in [0, 0.05) is 19.6 Å². The molecule has 2 amide bonds. The van der Waals surface area contributed by atoms with Crippen LogP contribution in [0.25, 0.3) is 0 Å². The van der Waals surface area contributed by atoms with Crippen LogP contribution in [0, 0.1) is 5.92 Å². The van der Waals surface area contributed by atoms with E-state index in [1.54, 1.807) is 11.8 Å². The predicted molar refractivity (Wildman–Crippen MR) is 93.0 cm³/mol. The van der Waals surface area contributed by atoms with Gasteiger partial charge in [-0.1, -0.05) is 30.3 Å². The second kappa shape index (κ2) is 8.34. The highest BCUT2D eigenvalue weighted by molar-refractivity contribution is 5.80. The molecule has 3 rings (SSSR count). The molecule has 6 nitrogen and oxygen atoms in total. The quantitative estimate of drug-likeness (QED) is 0.843. The Bertz CT molecular complexity index is 592. The Labute approximate surface area is 148 Å². The van der Waals surface area contributed by atoms with Gasteiger partial charge in [-0.15, -0.1) is 0 Å². The largest absolute Gasteiger partial charge is 0.450 e. The van der Waals surface area contributed by atoms with Gasteiger partial charge in [0.15, 0.2) is 0 Å². The van der Waals surface area contributed by atoms with Crippen LogP contribution in [0.3, 0.4) is 0 Å². The molecule has 1 aromatic carbocycles. The summed E-state index contributed by atoms with van der Waals surface area (Å²) in [6.07, 6.45) is 1.26. The average Bonchev–Trinajstić information content (AvgIpc) is 2.68. The Morgan fingerprint density at radius 2 is 1.96 bits per heavy atom. The van der Waals surface area contributed by atoms with Gasteiger partial charge in [-0.25, -0.2) is 4.79 Å². The first-order valence-corrected chi connectivity index (χ1v) is 9.06. The smallest absolute Gasteiger partial charge is 0.409 e. The van der Waals surface area contributed by atoms with Gasteiger partial charge in [0.1, 0.15) is 6.10 Å². The van der Waals surface area contributed by atoms with Crippen LogP contribution in [0.15, 0.2) is 30.3 Å². The summed E-state index contributed by atoms with van der Waals surface area (Å²) in [6, 6.07) is 10.0. The Balaban J connectivity index is 1.61. The third-order valence-electron chi connectivity index (χ3n) is 4.85. The van der Waals surface area contributed by atoms with E-state index in [1.807, 2.05) is 35.2 Å². The predicted octanol–water partition coefficient (Wildman–Crippen LogP) is 2.46. The molecule has 0 aliphatic carbocycles. The molecule has 0 radical (unpaired) electrons. The summed E-state index contributed by atoms with van der Waals surface area (Å²) in [6.45, 7) is 4.98. The zero-order chi connectivity index (χ0) is 17.6. The van der Waals surface area contributed by atoms with Crippen LogP contribution < -0.4 is 0 Å². The molecule has 2 aliphatic heterocycles. The van der Waals surface area contributed by atoms with Gasteiger partial charge in [-0.2, -0.15) is 0 Å². The molecule has 2 aliphatic rings. The topological polar surface area (TPSA) is 59.1 Å². The highest BCUT2D eigenvalue weighted by atomic mass is 16.6. The molecule has 2 heterocycles. The molecule has 6 heteroatoms. The van der Waals surface area contributed by atoms with Crippen molar-refractivity contribution < 1.29 is 19.1 Å². The van der Waals surface area contributed by atoms with E-state index in [-0.39, 0.29) is 24.0 Å². The number of hydrogen-bond donors (Lipinski definition) is 0. The highest BCUT2D eigenvalue weighted by Gasteiger charge is 2.34. The van der Waals surface area contributed by atoms with Crippen molar-refractivity contribution in [3.05, 3.63) is 35.9 Å². The molecule has 2 saturated heterocycles. The van der Waals surface area contributed by atoms with E-state index in [0.717, 1.165) is 18.4 Å². The van der Waals surface area contributed by atoms with Gasteiger partial charge in [0.2, 0.25) is 5.91 Å². The lowest BCUT2D eigenvalue weighted by atomic mass is 9.96. The summed E-state index contributed by atoms with van der Waals surface area (Å²) in [5.41, 5.74) is 1.09. The fraction of sp³-hybridized carbons (Fsp3) is 0.579. The molecule has 136 valence electrons. The number of nitrogens with zero attached hydrogens (tertiary/aromatic N) is 2. The second-order valence-electron chi connectivity index (χ2n) is 6.54. The van der Waals surface area contributed by atoms with Crippen molar-refractivity contribution in [1.82, 2.24) is 9.80 Å². The average molecular weight is 346 g/mol. The van der Waals surface area contributed by atoms with Gasteiger partial charge < -0.3 is 19.3 Å². The van der Waals surface area contributed by atoms with E-state index in [2.05, 4.69) is 0 Å². The van der Waals surface area contributed by atoms with E-state index < -0.39 is 0 Å². The Morgan fingerprint density at radius 1 is 1.16 bits per heavy atom. The van der Waals surface area contributed by atoms with Crippen molar-refractivity contribution in [2.75, 3.05) is 39.4 Å². The number of benzene rings is 1. The van der Waals surface area contributed by atoms with Crippen molar-refractivity contribution in [3.8, 4) is 0 Å². The Hall–Kier alpha value is -2.08. The number of carbonyl (C=O) groups excluding carboxylic acids is 2. The molecule has 2 unspecified atom stereocenters. The molecule has 0 N–H and O–H groups in total. The maximum Gasteiger partial charge on any atom is 0.409 e. The molecule has 0 spiro atoms. The Kier molecular flexibility index (Phi) is 5.91. The first-order valence-electron chi connectivity index (χ1n) is 9.06. The van der Waals surface area contributed by atoms with Crippen molar-refractivity contribution in [3.63, 3.8) is 0 Å². The van der Waals surface area contributed by atoms with Gasteiger partial charge in [-0.3, -0.25) is 4.79 Å². The van der Waals surface area contributed by atoms with Crippen LogP contribution in [-0.2, 0) is 14.3 Å². The maximum atomic E-state index is 12.9. The number of ether oxygens (including phenoxy) is 2. The minimum absolute atomic E-state index is 0.0800. The SMILES string of the molecule is CCOC(=O)N1CCCC(C(=O)N2CCOC(c3ccccc3)C2)C1. The number of hydrogen-bond acceptors (Lipinski definition) is 4. The van der Waals surface area contributed by atoms with E-state index >= 15 is 0 Å². The monoisotopic (exact) mass is 346 g/mol. The number of amides is 2. The summed E-state index contributed by atoms with van der Waals surface area (Å²) >= 11 is 0. The van der Waals surface area contributed by atoms with Crippen LogP contribution in [0.5, 0.6) is 0 Å². The van der Waals surface area contributed by atoms with Gasteiger partial charge in [-0.05, 0) is 25.3 Å². The lowest BCUT2D eigenvalue weighted by molar-refractivity contribution is -0.144. The first-order chi connectivity index (χ1) is 12.2. The fourth-order valence-corrected chi connectivity index (χ4v) is 3.54. The van der Waals surface area contributed by atoms with Crippen LogP contribution in [0.4, 0.5) is 4.79 Å². The lowest BCUT2D eigenvalue weighted by Gasteiger charge is -2.38. The van der Waals surface area contributed by atoms with Crippen LogP contribution in [0.2, 0.25) is 0 Å². The third kappa shape index (κ3) is 4.31. The molecule has 0 aromatic heterocycles. The maximum absolute atomic E-state index is 12.9. The van der Waals surface area contributed by atoms with E-state index in [1.165, 1.54) is 0 Å². The normalized spacial score (nSPS) is 24.0. The van der Waals surface area contributed by atoms with E-state index in [4.69, 9.17) is 9.47 Å². The summed E-state index contributed by atoms with van der Waals surface area (Å²) in [7, 11) is 0. The molecule has 0 saturated carbocycles. The minimum Gasteiger partial charge on any atom is -0.450 e. The van der Waals surface area contributed by atoms with Crippen molar-refractivity contribution in [1.29, 1.82) is 0 Å². The standard InChI is InChI=1S/C19H26N2O4/c1-2-24-19(23)21-10-6-9-16(13-21)18(22)20-11-12-25-17(14-20)15-7-4-3-5-8-15/h3-5,7-8,16-17H,2,6,9-14H2,1H3. The number of morpholine rings is 1. The van der Waals surface area contributed by atoms with Crippen LogP contribution in [0.1, 0.15) is 31.4 Å². The zero-order valence-corrected chi connectivity index (χ0v) is 14.7. The molecule has 1 aromatic rings. The first kappa shape index (κ1) is 17.7. The molecule has 2 atom stereocenters. The lowest BCUT2D eigenvalue weighted by Crippen LogP contribution is -2.50. The summed E-state index contributed by atoms with van der Waals surface area (Å²) in [4.78, 5) is 28.4. The third-order valence-corrected chi connectivity index (χ3v) is 4.85. The summed E-state index contributed by atoms with van der Waals surface area (Å²) in [5, 5.41) is 0. The van der Waals surface area contributed by atoms with Crippen molar-refractivity contribution >= 4 is 12.0 Å². The minimum atomic E-state index is -0.316. The molecule has 25 heavy (non-hydrogen) atoms. The van der Waals surface area contributed by atoms with Crippen molar-refractivity contribution in [2.24, 2.45) is 5.92 Å². The van der Waals surface area contributed by atoms with Gasteiger partial charge >= 0.3 is 6.09 Å². The summed E-state index contributed by atoms with van der Waals surface area (Å²) in [5.74, 6) is -0.0223. The number of likely N-dealkylation sites (tertiary alicyclic amines) is 1. The number of piperidine rings is 1. The molecular formula is C19H26N2O4. The molecular weight excluding hydrogens is 320 g/mol. The highest BCUT2D eigenvalue weighted by Crippen LogP contribution is 2.25. The Morgan fingerprint density at radius 3 is 2.72 bits per heavy atom. The summed E-state index contributed by atoms with van der Waals surface area (Å²) < 4.78 is 10.9. The molecule has 2 fully saturated rings. The second-order valence-corrected chi connectivity index (χ2v) is 6.54. The number of carbonyl (C=O) groups is 2. The zero-order valence-electron chi connectivity index (χ0n) is 14.7. The van der Waals surface area contributed by atoms with Crippen LogP contribution in [-0.4, -0.2) is 61.2 Å². The van der Waals surface area contributed by atoms with E-state index in [9.17, 15) is 9.59 Å². The van der Waals surface area contributed by atoms with E-state index in [0.29, 0.717) is 39.4 Å². The van der Waals surface area contributed by atoms with Crippen molar-refractivity contribution in [2.45, 2.75) is 25.9 Å².